The first-order valence-electron chi connectivity index (χ1n) is 7.92. The van der Waals surface area contributed by atoms with Gasteiger partial charge in [-0.2, -0.15) is 0 Å². The largest absolute Gasteiger partial charge is 0.338 e. The maximum Gasteiger partial charge on any atom is 0.319 e. The van der Waals surface area contributed by atoms with Crippen molar-refractivity contribution in [3.8, 4) is 0 Å². The van der Waals surface area contributed by atoms with E-state index in [4.69, 9.17) is 0 Å². The molecule has 1 aromatic rings. The Morgan fingerprint density at radius 1 is 1.36 bits per heavy atom. The van der Waals surface area contributed by atoms with Crippen LogP contribution in [0.5, 0.6) is 0 Å². The second kappa shape index (κ2) is 6.40. The third kappa shape index (κ3) is 4.00. The minimum atomic E-state index is -3.54. The van der Waals surface area contributed by atoms with Gasteiger partial charge in [-0.05, 0) is 31.0 Å². The fraction of sp³-hybridized carbons (Fsp3) is 0.533. The van der Waals surface area contributed by atoms with E-state index in [1.165, 1.54) is 12.1 Å². The lowest BCUT2D eigenvalue weighted by molar-refractivity contribution is 0.0971. The fourth-order valence-electron chi connectivity index (χ4n) is 2.81. The fourth-order valence-corrected chi connectivity index (χ4v) is 4.37. The second-order valence-corrected chi connectivity index (χ2v) is 8.25. The summed E-state index contributed by atoms with van der Waals surface area (Å²) in [7, 11) is -3.54. The number of urea groups is 1. The standard InChI is InChI=1S/C15H18F3N3O3S/c16-12-3-2-11(8-13(12)21-6-1-7-25(21,23)24)20-14(22)19-5-4-10-9-15(10,17)18/h2-3,8,10H,1,4-7,9H2,(H2,19,20,22). The monoisotopic (exact) mass is 377 g/mol. The molecular weight excluding hydrogens is 359 g/mol. The molecule has 1 saturated carbocycles. The van der Waals surface area contributed by atoms with Gasteiger partial charge in [0.1, 0.15) is 5.82 Å². The van der Waals surface area contributed by atoms with E-state index < -0.39 is 33.7 Å². The molecule has 2 aliphatic rings. The van der Waals surface area contributed by atoms with E-state index in [9.17, 15) is 26.4 Å². The number of carbonyl (C=O) groups is 1. The van der Waals surface area contributed by atoms with Crippen LogP contribution in [0.3, 0.4) is 0 Å². The Kier molecular flexibility index (Phi) is 4.56. The first-order chi connectivity index (χ1) is 11.7. The molecule has 25 heavy (non-hydrogen) atoms. The van der Waals surface area contributed by atoms with Gasteiger partial charge in [-0.25, -0.2) is 26.4 Å². The smallest absolute Gasteiger partial charge is 0.319 e. The number of sulfonamides is 1. The van der Waals surface area contributed by atoms with Gasteiger partial charge in [-0.3, -0.25) is 4.31 Å². The Morgan fingerprint density at radius 2 is 2.08 bits per heavy atom. The molecule has 2 fully saturated rings. The molecule has 6 nitrogen and oxygen atoms in total. The van der Waals surface area contributed by atoms with Crippen molar-refractivity contribution in [2.45, 2.75) is 25.2 Å². The van der Waals surface area contributed by atoms with Gasteiger partial charge < -0.3 is 10.6 Å². The molecule has 0 spiro atoms. The summed E-state index contributed by atoms with van der Waals surface area (Å²) < 4.78 is 64.3. The Morgan fingerprint density at radius 3 is 2.68 bits per heavy atom. The molecule has 1 atom stereocenters. The highest BCUT2D eigenvalue weighted by molar-refractivity contribution is 7.93. The quantitative estimate of drug-likeness (QED) is 0.828. The summed E-state index contributed by atoms with van der Waals surface area (Å²) >= 11 is 0. The minimum absolute atomic E-state index is 0.0453. The topological polar surface area (TPSA) is 78.5 Å². The maximum atomic E-state index is 14.0. The van der Waals surface area contributed by atoms with Crippen molar-refractivity contribution in [3.63, 3.8) is 0 Å². The molecule has 1 heterocycles. The van der Waals surface area contributed by atoms with E-state index in [0.717, 1.165) is 10.4 Å². The molecule has 2 amide bonds. The van der Waals surface area contributed by atoms with Crippen LogP contribution < -0.4 is 14.9 Å². The molecule has 1 saturated heterocycles. The van der Waals surface area contributed by atoms with Crippen LogP contribution in [-0.4, -0.2) is 39.2 Å². The molecule has 3 rings (SSSR count). The van der Waals surface area contributed by atoms with Crippen molar-refractivity contribution in [2.24, 2.45) is 5.92 Å². The summed E-state index contributed by atoms with van der Waals surface area (Å²) in [6.07, 6.45) is 0.439. The van der Waals surface area contributed by atoms with Crippen molar-refractivity contribution < 1.29 is 26.4 Å². The molecular formula is C15H18F3N3O3S. The highest BCUT2D eigenvalue weighted by Crippen LogP contribution is 2.50. The van der Waals surface area contributed by atoms with Crippen LogP contribution in [0.15, 0.2) is 18.2 Å². The summed E-state index contributed by atoms with van der Waals surface area (Å²) in [6, 6.07) is 3.00. The normalized spacial score (nSPS) is 23.3. The number of amides is 2. The number of halogens is 3. The van der Waals surface area contributed by atoms with E-state index in [-0.39, 0.29) is 43.1 Å². The number of hydrogen-bond donors (Lipinski definition) is 2. The highest BCUT2D eigenvalue weighted by Gasteiger charge is 2.55. The van der Waals surface area contributed by atoms with E-state index >= 15 is 0 Å². The first-order valence-corrected chi connectivity index (χ1v) is 9.52. The lowest BCUT2D eigenvalue weighted by Crippen LogP contribution is -2.30. The number of nitrogens with one attached hydrogen (secondary N) is 2. The van der Waals surface area contributed by atoms with E-state index in [1.807, 2.05) is 0 Å². The van der Waals surface area contributed by atoms with Gasteiger partial charge in [-0.1, -0.05) is 0 Å². The minimum Gasteiger partial charge on any atom is -0.338 e. The number of hydrogen-bond acceptors (Lipinski definition) is 3. The first kappa shape index (κ1) is 17.8. The van der Waals surface area contributed by atoms with Crippen molar-refractivity contribution in [2.75, 3.05) is 28.5 Å². The van der Waals surface area contributed by atoms with E-state index in [1.54, 1.807) is 0 Å². The number of alkyl halides is 2. The van der Waals surface area contributed by atoms with Crippen LogP contribution in [0.25, 0.3) is 0 Å². The number of nitrogens with zero attached hydrogens (tertiary/aromatic N) is 1. The molecule has 0 bridgehead atoms. The molecule has 1 unspecified atom stereocenters. The third-order valence-corrected chi connectivity index (χ3v) is 6.16. The molecule has 10 heteroatoms. The van der Waals surface area contributed by atoms with Gasteiger partial charge in [0, 0.05) is 31.1 Å². The SMILES string of the molecule is O=C(NCCC1CC1(F)F)Nc1ccc(F)c(N2CCCS2(=O)=O)c1. The number of anilines is 2. The molecule has 0 radical (unpaired) electrons. The van der Waals surface area contributed by atoms with Crippen LogP contribution in [0, 0.1) is 11.7 Å². The van der Waals surface area contributed by atoms with Crippen LogP contribution in [0.2, 0.25) is 0 Å². The highest BCUT2D eigenvalue weighted by atomic mass is 32.2. The molecule has 138 valence electrons. The number of rotatable bonds is 5. The predicted octanol–water partition coefficient (Wildman–Crippen LogP) is 2.53. The van der Waals surface area contributed by atoms with Gasteiger partial charge in [0.25, 0.3) is 5.92 Å². The Labute approximate surface area is 143 Å². The van der Waals surface area contributed by atoms with Crippen molar-refractivity contribution in [3.05, 3.63) is 24.0 Å². The van der Waals surface area contributed by atoms with Crippen molar-refractivity contribution in [1.82, 2.24) is 5.32 Å². The Bertz CT molecular complexity index is 785. The van der Waals surface area contributed by atoms with Gasteiger partial charge in [0.2, 0.25) is 10.0 Å². The summed E-state index contributed by atoms with van der Waals surface area (Å²) in [5.41, 5.74) is 0.0978. The summed E-state index contributed by atoms with van der Waals surface area (Å²) in [5.74, 6) is -4.06. The van der Waals surface area contributed by atoms with Gasteiger partial charge in [0.15, 0.2) is 0 Å². The van der Waals surface area contributed by atoms with E-state index in [2.05, 4.69) is 10.6 Å². The van der Waals surface area contributed by atoms with Crippen molar-refractivity contribution >= 4 is 27.4 Å². The lowest BCUT2D eigenvalue weighted by Gasteiger charge is -2.18. The lowest BCUT2D eigenvalue weighted by atomic mass is 10.2. The average Bonchev–Trinajstić information content (AvgIpc) is 2.96. The average molecular weight is 377 g/mol. The molecule has 1 aliphatic heterocycles. The zero-order valence-corrected chi connectivity index (χ0v) is 14.1. The van der Waals surface area contributed by atoms with Crippen molar-refractivity contribution in [1.29, 1.82) is 0 Å². The molecule has 0 aromatic heterocycles. The molecule has 1 aliphatic carbocycles. The van der Waals surface area contributed by atoms with Crippen LogP contribution in [0.4, 0.5) is 29.3 Å². The zero-order valence-electron chi connectivity index (χ0n) is 13.3. The summed E-state index contributed by atoms with van der Waals surface area (Å²) in [6.45, 7) is 0.283. The van der Waals surface area contributed by atoms with Gasteiger partial charge in [0.05, 0.1) is 11.4 Å². The third-order valence-electron chi connectivity index (χ3n) is 4.31. The Balaban J connectivity index is 1.59. The molecule has 1 aromatic carbocycles. The van der Waals surface area contributed by atoms with Crippen LogP contribution in [0.1, 0.15) is 19.3 Å². The predicted molar refractivity (Wildman–Crippen MR) is 86.8 cm³/mol. The molecule has 2 N–H and O–H groups in total. The van der Waals surface area contributed by atoms with Gasteiger partial charge >= 0.3 is 6.03 Å². The number of benzene rings is 1. The van der Waals surface area contributed by atoms with Crippen LogP contribution >= 0.6 is 0 Å². The zero-order chi connectivity index (χ0) is 18.2. The summed E-state index contributed by atoms with van der Waals surface area (Å²) in [4.78, 5) is 11.8. The maximum absolute atomic E-state index is 14.0. The summed E-state index contributed by atoms with van der Waals surface area (Å²) in [5, 5.41) is 4.90. The number of carbonyl (C=O) groups excluding carboxylic acids is 1. The van der Waals surface area contributed by atoms with Crippen LogP contribution in [-0.2, 0) is 10.0 Å². The Hall–Kier alpha value is -1.97. The second-order valence-electron chi connectivity index (χ2n) is 6.24. The van der Waals surface area contributed by atoms with Gasteiger partial charge in [-0.15, -0.1) is 0 Å². The van der Waals surface area contributed by atoms with E-state index in [0.29, 0.717) is 6.42 Å².